The molecule has 0 saturated heterocycles. The third-order valence-corrected chi connectivity index (χ3v) is 7.09. The molecule has 3 aromatic carbocycles. The zero-order valence-corrected chi connectivity index (χ0v) is 26.6. The molecular formula is C29H31BrF7N2Sb. The Balaban J connectivity index is 0.000000559. The predicted molar refractivity (Wildman–Crippen MR) is 154 cm³/mol. The Labute approximate surface area is 240 Å². The fraction of sp³-hybridized carbons (Fsp3) is 0.276. The topological polar surface area (TPSA) is 6.25 Å². The van der Waals surface area contributed by atoms with Gasteiger partial charge in [0.2, 0.25) is 5.69 Å². The van der Waals surface area contributed by atoms with Gasteiger partial charge in [0.05, 0.1) is 11.0 Å². The average molecular weight is 742 g/mol. The van der Waals surface area contributed by atoms with Gasteiger partial charge in [0.1, 0.15) is 5.82 Å². The van der Waals surface area contributed by atoms with Crippen molar-refractivity contribution in [1.82, 2.24) is 0 Å². The van der Waals surface area contributed by atoms with E-state index in [-0.39, 0.29) is 11.2 Å². The third kappa shape index (κ3) is 9.10. The molecule has 0 unspecified atom stereocenters. The number of rotatable bonds is 7. The summed E-state index contributed by atoms with van der Waals surface area (Å²) in [5.41, 5.74) is 6.46. The summed E-state index contributed by atoms with van der Waals surface area (Å²) in [5.74, 6) is -0.193. The summed E-state index contributed by atoms with van der Waals surface area (Å²) in [7, 11) is 0. The number of halogens is 8. The Bertz CT molecular complexity index is 1420. The summed E-state index contributed by atoms with van der Waals surface area (Å²) in [5, 5.41) is 0. The van der Waals surface area contributed by atoms with Crippen LogP contribution >= 0.6 is 15.9 Å². The van der Waals surface area contributed by atoms with Gasteiger partial charge in [-0.2, -0.15) is 4.58 Å². The van der Waals surface area contributed by atoms with Crippen LogP contribution in [0.2, 0.25) is 0 Å². The van der Waals surface area contributed by atoms with Crippen LogP contribution in [0.15, 0.2) is 77.3 Å². The fourth-order valence-corrected chi connectivity index (χ4v) is 5.02. The number of nitrogens with zero attached hydrogens (tertiary/aromatic N) is 2. The minimum absolute atomic E-state index is 0.180. The maximum atomic E-state index is 14.7. The molecule has 4 rings (SSSR count). The van der Waals surface area contributed by atoms with E-state index in [2.05, 4.69) is 114 Å². The van der Waals surface area contributed by atoms with Gasteiger partial charge < -0.3 is 4.90 Å². The van der Waals surface area contributed by atoms with E-state index in [9.17, 15) is 21.3 Å². The van der Waals surface area contributed by atoms with Gasteiger partial charge in [0.25, 0.3) is 0 Å². The molecule has 0 N–H and O–H groups in total. The van der Waals surface area contributed by atoms with E-state index in [0.717, 1.165) is 28.8 Å². The number of benzene rings is 3. The predicted octanol–water partition coefficient (Wildman–Crippen LogP) is 9.86. The van der Waals surface area contributed by atoms with Crippen molar-refractivity contribution in [3.63, 3.8) is 0 Å². The SMILES string of the molecule is CCN(CC)c1ccc(/C=C/C2=[N+](Cc3ccc(Br)cc3F)c3ccccc3C2(C)C)cc1.[F][Sb-]([F])([F])([F])([F])[F]. The second kappa shape index (κ2) is 11.2. The molecule has 3 aromatic rings. The van der Waals surface area contributed by atoms with Gasteiger partial charge >= 0.3 is 36.4 Å². The summed E-state index contributed by atoms with van der Waals surface area (Å²) in [6.07, 6.45) is 4.36. The molecule has 2 nitrogen and oxygen atoms in total. The average Bonchev–Trinajstić information content (AvgIpc) is 3.05. The second-order valence-corrected chi connectivity index (χ2v) is 16.3. The number of allylic oxidation sites excluding steroid dienone is 1. The molecule has 1 aliphatic heterocycles. The van der Waals surface area contributed by atoms with Gasteiger partial charge in [-0.15, -0.1) is 0 Å². The molecule has 0 saturated carbocycles. The summed E-state index contributed by atoms with van der Waals surface area (Å²) in [6.45, 7) is 11.3. The van der Waals surface area contributed by atoms with Crippen LogP contribution in [-0.2, 0) is 12.0 Å². The van der Waals surface area contributed by atoms with E-state index in [1.165, 1.54) is 23.0 Å². The van der Waals surface area contributed by atoms with Crippen LogP contribution in [0.3, 0.4) is 0 Å². The van der Waals surface area contributed by atoms with Crippen molar-refractivity contribution in [1.29, 1.82) is 0 Å². The fourth-order valence-electron chi connectivity index (χ4n) is 4.69. The monoisotopic (exact) mass is 740 g/mol. The van der Waals surface area contributed by atoms with E-state index < -0.39 is 19.5 Å². The zero-order chi connectivity index (χ0) is 30.0. The molecule has 0 fully saturated rings. The van der Waals surface area contributed by atoms with Crippen molar-refractivity contribution < 1.29 is 25.8 Å². The first-order chi connectivity index (χ1) is 18.3. The van der Waals surface area contributed by atoms with Crippen LogP contribution in [-0.4, -0.2) is 42.9 Å². The Kier molecular flexibility index (Phi) is 8.98. The van der Waals surface area contributed by atoms with Gasteiger partial charge in [-0.05, 0) is 69.7 Å². The van der Waals surface area contributed by atoms with Crippen molar-refractivity contribution in [3.8, 4) is 0 Å². The first-order valence-corrected chi connectivity index (χ1v) is 19.2. The molecule has 0 aromatic heterocycles. The van der Waals surface area contributed by atoms with Crippen LogP contribution in [0.25, 0.3) is 6.08 Å². The minimum atomic E-state index is -11.2. The van der Waals surface area contributed by atoms with Crippen LogP contribution in [0.5, 0.6) is 0 Å². The summed E-state index contributed by atoms with van der Waals surface area (Å²) in [4.78, 5) is 2.34. The Morgan fingerprint density at radius 1 is 0.850 bits per heavy atom. The second-order valence-electron chi connectivity index (χ2n) is 9.90. The van der Waals surface area contributed by atoms with Gasteiger partial charge in [-0.3, -0.25) is 0 Å². The van der Waals surface area contributed by atoms with E-state index in [4.69, 9.17) is 0 Å². The number of anilines is 1. The number of fused-ring (bicyclic) bond motifs is 1. The van der Waals surface area contributed by atoms with Crippen LogP contribution in [0.4, 0.5) is 32.6 Å². The molecular weight excluding hydrogens is 711 g/mol. The normalized spacial score (nSPS) is 16.2. The third-order valence-electron chi connectivity index (χ3n) is 6.60. The van der Waals surface area contributed by atoms with Crippen LogP contribution in [0.1, 0.15) is 44.4 Å². The molecule has 0 radical (unpaired) electrons. The molecule has 0 atom stereocenters. The molecule has 218 valence electrons. The molecule has 0 bridgehead atoms. The number of hydrogen-bond donors (Lipinski definition) is 0. The Hall–Kier alpha value is -2.32. The zero-order valence-electron chi connectivity index (χ0n) is 22.5. The van der Waals surface area contributed by atoms with E-state index in [1.54, 1.807) is 0 Å². The van der Waals surface area contributed by atoms with E-state index in [1.807, 2.05) is 12.1 Å². The Morgan fingerprint density at radius 2 is 1.43 bits per heavy atom. The number of para-hydroxylation sites is 1. The Morgan fingerprint density at radius 3 is 1.98 bits per heavy atom. The molecule has 0 amide bonds. The standard InChI is InChI=1S/C29H31BrFN2.6FH.Sb/c1-5-32(6-2)24-16-11-21(12-17-24)13-18-28-29(3,4)25-9-7-8-10-27(25)33(28)20-22-14-15-23(30)19-26(22)31;;;;;;;/h7-19H,5-6,20H2,1-4H3;6*1H;/q+1;;;;;;;+5/p-6. The molecule has 0 aliphatic carbocycles. The molecule has 1 heterocycles. The number of hydrogen-bond acceptors (Lipinski definition) is 1. The van der Waals surface area contributed by atoms with Crippen molar-refractivity contribution in [2.45, 2.75) is 39.7 Å². The first kappa shape index (κ1) is 32.2. The van der Waals surface area contributed by atoms with Crippen LogP contribution in [0, 0.1) is 5.82 Å². The molecule has 0 spiro atoms. The molecule has 40 heavy (non-hydrogen) atoms. The first-order valence-electron chi connectivity index (χ1n) is 12.6. The van der Waals surface area contributed by atoms with Gasteiger partial charge in [0, 0.05) is 41.0 Å². The quantitative estimate of drug-likeness (QED) is 0.133. The van der Waals surface area contributed by atoms with Gasteiger partial charge in [-0.1, -0.05) is 46.3 Å². The van der Waals surface area contributed by atoms with Crippen LogP contribution < -0.4 is 4.90 Å². The van der Waals surface area contributed by atoms with Crippen molar-refractivity contribution in [2.24, 2.45) is 0 Å². The van der Waals surface area contributed by atoms with Crippen molar-refractivity contribution in [2.75, 3.05) is 18.0 Å². The van der Waals surface area contributed by atoms with Crippen molar-refractivity contribution >= 4 is 58.6 Å². The summed E-state index contributed by atoms with van der Waals surface area (Å²) >= 11 is -7.88. The van der Waals surface area contributed by atoms with Gasteiger partial charge in [0.15, 0.2) is 12.3 Å². The van der Waals surface area contributed by atoms with E-state index >= 15 is 0 Å². The van der Waals surface area contributed by atoms with E-state index in [0.29, 0.717) is 12.1 Å². The van der Waals surface area contributed by atoms with Crippen molar-refractivity contribution in [3.05, 3.63) is 99.8 Å². The van der Waals surface area contributed by atoms with Gasteiger partial charge in [-0.25, -0.2) is 4.39 Å². The summed E-state index contributed by atoms with van der Waals surface area (Å²) in [6, 6.07) is 22.4. The molecule has 11 heteroatoms. The molecule has 1 aliphatic rings. The summed E-state index contributed by atoms with van der Waals surface area (Å²) < 4.78 is 77.3. The maximum absolute atomic E-state index is 14.7.